The van der Waals surface area contributed by atoms with Crippen LogP contribution in [0, 0.1) is 11.6 Å². The molecule has 1 unspecified atom stereocenters. The molecule has 0 aliphatic heterocycles. The van der Waals surface area contributed by atoms with Crippen molar-refractivity contribution < 1.29 is 8.78 Å². The molecule has 2 nitrogen and oxygen atoms in total. The first kappa shape index (κ1) is 14.5. The van der Waals surface area contributed by atoms with Gasteiger partial charge in [0.05, 0.1) is 0 Å². The number of halogens is 3. The Morgan fingerprint density at radius 3 is 2.29 bits per heavy atom. The Balaban J connectivity index is 2.63. The van der Waals surface area contributed by atoms with Crippen molar-refractivity contribution in [1.82, 2.24) is 10.2 Å². The molecule has 0 saturated heterocycles. The Hall–Kier alpha value is -0.520. The minimum atomic E-state index is -0.526. The largest absolute Gasteiger partial charge is 0.309 e. The van der Waals surface area contributed by atoms with Crippen molar-refractivity contribution in [3.63, 3.8) is 0 Å². The number of rotatable bonds is 5. The summed E-state index contributed by atoms with van der Waals surface area (Å²) < 4.78 is 27.4. The monoisotopic (exact) mass is 306 g/mol. The molecule has 0 amide bonds. The van der Waals surface area contributed by atoms with Crippen LogP contribution in [-0.2, 0) is 6.54 Å². The van der Waals surface area contributed by atoms with E-state index in [-0.39, 0.29) is 18.2 Å². The van der Waals surface area contributed by atoms with E-state index < -0.39 is 11.6 Å². The molecular weight excluding hydrogens is 290 g/mol. The number of hydrogen-bond acceptors (Lipinski definition) is 2. The highest BCUT2D eigenvalue weighted by Gasteiger charge is 2.11. The highest BCUT2D eigenvalue weighted by atomic mass is 79.9. The Morgan fingerprint density at radius 1 is 1.29 bits per heavy atom. The molecule has 0 aliphatic rings. The molecule has 0 fully saturated rings. The first-order chi connectivity index (χ1) is 7.90. The zero-order chi connectivity index (χ0) is 13.0. The van der Waals surface area contributed by atoms with Gasteiger partial charge in [-0.1, -0.05) is 15.9 Å². The predicted molar refractivity (Wildman–Crippen MR) is 68.9 cm³/mol. The second-order valence-corrected chi connectivity index (χ2v) is 5.31. The maximum absolute atomic E-state index is 13.5. The summed E-state index contributed by atoms with van der Waals surface area (Å²) in [6, 6.07) is 2.72. The van der Waals surface area contributed by atoms with E-state index in [2.05, 4.69) is 21.2 Å². The number of hydrogen-bond donors (Lipinski definition) is 1. The lowest BCUT2D eigenvalue weighted by Gasteiger charge is -2.18. The summed E-state index contributed by atoms with van der Waals surface area (Å²) in [5, 5.41) is 3.09. The van der Waals surface area contributed by atoms with Crippen molar-refractivity contribution in [3.8, 4) is 0 Å². The lowest BCUT2D eigenvalue weighted by molar-refractivity contribution is 0.346. The third-order valence-corrected chi connectivity index (χ3v) is 2.83. The molecule has 1 aromatic carbocycles. The van der Waals surface area contributed by atoms with E-state index in [1.807, 2.05) is 25.9 Å². The van der Waals surface area contributed by atoms with Crippen LogP contribution in [0.1, 0.15) is 12.5 Å². The van der Waals surface area contributed by atoms with Gasteiger partial charge in [-0.05, 0) is 33.2 Å². The summed E-state index contributed by atoms with van der Waals surface area (Å²) >= 11 is 3.05. The van der Waals surface area contributed by atoms with Gasteiger partial charge in [-0.15, -0.1) is 0 Å². The maximum atomic E-state index is 13.5. The minimum absolute atomic E-state index is 0.0822. The maximum Gasteiger partial charge on any atom is 0.131 e. The van der Waals surface area contributed by atoms with Crippen LogP contribution in [0.25, 0.3) is 0 Å². The van der Waals surface area contributed by atoms with E-state index in [0.717, 1.165) is 6.54 Å². The smallest absolute Gasteiger partial charge is 0.131 e. The zero-order valence-corrected chi connectivity index (χ0v) is 11.8. The highest BCUT2D eigenvalue weighted by molar-refractivity contribution is 9.10. The van der Waals surface area contributed by atoms with Crippen molar-refractivity contribution in [2.45, 2.75) is 19.5 Å². The van der Waals surface area contributed by atoms with Gasteiger partial charge in [0.25, 0.3) is 0 Å². The van der Waals surface area contributed by atoms with Crippen LogP contribution in [-0.4, -0.2) is 31.6 Å². The van der Waals surface area contributed by atoms with Crippen molar-refractivity contribution in [3.05, 3.63) is 33.8 Å². The number of nitrogens with one attached hydrogen (secondary N) is 1. The summed E-state index contributed by atoms with van der Waals surface area (Å²) in [5.41, 5.74) is 0.0822. The fourth-order valence-electron chi connectivity index (χ4n) is 1.63. The molecule has 0 aliphatic carbocycles. The number of likely N-dealkylation sites (N-methyl/N-ethyl adjacent to an activating group) is 1. The van der Waals surface area contributed by atoms with Gasteiger partial charge in [0.1, 0.15) is 11.6 Å². The Bertz CT molecular complexity index is 360. The molecule has 1 rings (SSSR count). The minimum Gasteiger partial charge on any atom is -0.309 e. The topological polar surface area (TPSA) is 15.3 Å². The standard InChI is InChI=1S/C12H17BrF2N2/c1-8(7-17(2)3)16-6-10-11(14)4-9(13)5-12(10)15/h4-5,8,16H,6-7H2,1-3H3. The van der Waals surface area contributed by atoms with Gasteiger partial charge < -0.3 is 10.2 Å². The fraction of sp³-hybridized carbons (Fsp3) is 0.500. The molecular formula is C12H17BrF2N2. The van der Waals surface area contributed by atoms with E-state index >= 15 is 0 Å². The molecule has 1 N–H and O–H groups in total. The van der Waals surface area contributed by atoms with Crippen LogP contribution in [0.3, 0.4) is 0 Å². The van der Waals surface area contributed by atoms with E-state index in [0.29, 0.717) is 4.47 Å². The molecule has 0 radical (unpaired) electrons. The van der Waals surface area contributed by atoms with Crippen molar-refractivity contribution in [2.24, 2.45) is 0 Å². The van der Waals surface area contributed by atoms with Gasteiger partial charge in [-0.3, -0.25) is 0 Å². The Kier molecular flexibility index (Phi) is 5.49. The third-order valence-electron chi connectivity index (χ3n) is 2.37. The van der Waals surface area contributed by atoms with Gasteiger partial charge >= 0.3 is 0 Å². The molecule has 96 valence electrons. The molecule has 1 aromatic rings. The lowest BCUT2D eigenvalue weighted by Crippen LogP contribution is -2.35. The summed E-state index contributed by atoms with van der Waals surface area (Å²) in [4.78, 5) is 2.02. The Labute approximate surface area is 109 Å². The summed E-state index contributed by atoms with van der Waals surface area (Å²) in [6.07, 6.45) is 0. The second kappa shape index (κ2) is 6.42. The summed E-state index contributed by atoms with van der Waals surface area (Å²) in [6.45, 7) is 2.99. The predicted octanol–water partition coefficient (Wildman–Crippen LogP) is 2.77. The van der Waals surface area contributed by atoms with Gasteiger partial charge in [-0.2, -0.15) is 0 Å². The first-order valence-electron chi connectivity index (χ1n) is 5.41. The molecule has 0 bridgehead atoms. The van der Waals surface area contributed by atoms with Crippen LogP contribution >= 0.6 is 15.9 Å². The molecule has 5 heteroatoms. The molecule has 1 atom stereocenters. The fourth-order valence-corrected chi connectivity index (χ4v) is 2.03. The van der Waals surface area contributed by atoms with Crippen LogP contribution < -0.4 is 5.32 Å². The van der Waals surface area contributed by atoms with Crippen LogP contribution in [0.4, 0.5) is 8.78 Å². The Morgan fingerprint density at radius 2 is 1.82 bits per heavy atom. The van der Waals surface area contributed by atoms with Gasteiger partial charge in [-0.25, -0.2) is 8.78 Å². The first-order valence-corrected chi connectivity index (χ1v) is 6.21. The summed E-state index contributed by atoms with van der Waals surface area (Å²) in [7, 11) is 3.91. The normalized spacial score (nSPS) is 13.1. The number of benzene rings is 1. The molecule has 17 heavy (non-hydrogen) atoms. The third kappa shape index (κ3) is 4.69. The average Bonchev–Trinajstić information content (AvgIpc) is 2.14. The van der Waals surface area contributed by atoms with E-state index in [9.17, 15) is 8.78 Å². The summed E-state index contributed by atoms with van der Waals surface area (Å²) in [5.74, 6) is -1.05. The van der Waals surface area contributed by atoms with Gasteiger partial charge in [0.15, 0.2) is 0 Å². The molecule has 0 saturated carbocycles. The SMILES string of the molecule is CC(CN(C)C)NCc1c(F)cc(Br)cc1F. The van der Waals surface area contributed by atoms with Crippen molar-refractivity contribution in [2.75, 3.05) is 20.6 Å². The van der Waals surface area contributed by atoms with Crippen LogP contribution in [0.15, 0.2) is 16.6 Å². The van der Waals surface area contributed by atoms with Gasteiger partial charge in [0.2, 0.25) is 0 Å². The van der Waals surface area contributed by atoms with E-state index in [1.165, 1.54) is 12.1 Å². The van der Waals surface area contributed by atoms with Crippen LogP contribution in [0.5, 0.6) is 0 Å². The molecule has 0 heterocycles. The van der Waals surface area contributed by atoms with Gasteiger partial charge in [0, 0.05) is 29.2 Å². The van der Waals surface area contributed by atoms with Crippen molar-refractivity contribution >= 4 is 15.9 Å². The quantitative estimate of drug-likeness (QED) is 0.900. The lowest BCUT2D eigenvalue weighted by atomic mass is 10.2. The second-order valence-electron chi connectivity index (χ2n) is 4.39. The van der Waals surface area contributed by atoms with E-state index in [4.69, 9.17) is 0 Å². The van der Waals surface area contributed by atoms with Crippen LogP contribution in [0.2, 0.25) is 0 Å². The molecule has 0 spiro atoms. The molecule has 0 aromatic heterocycles. The average molecular weight is 307 g/mol. The zero-order valence-electron chi connectivity index (χ0n) is 10.2. The highest BCUT2D eigenvalue weighted by Crippen LogP contribution is 2.19. The van der Waals surface area contributed by atoms with E-state index in [1.54, 1.807) is 0 Å². The number of nitrogens with zero attached hydrogens (tertiary/aromatic N) is 1. The van der Waals surface area contributed by atoms with Crippen molar-refractivity contribution in [1.29, 1.82) is 0 Å².